The third-order valence-electron chi connectivity index (χ3n) is 5.68. The molecule has 0 bridgehead atoms. The van der Waals surface area contributed by atoms with E-state index in [0.717, 1.165) is 51.4 Å². The Morgan fingerprint density at radius 1 is 0.800 bits per heavy atom. The summed E-state index contributed by atoms with van der Waals surface area (Å²) in [6.45, 7) is 1.23. The Balaban J connectivity index is 1.43. The van der Waals surface area contributed by atoms with Crippen LogP contribution in [0, 0.1) is 11.8 Å². The van der Waals surface area contributed by atoms with E-state index in [2.05, 4.69) is 16.0 Å². The maximum Gasteiger partial charge on any atom is 0.317 e. The maximum atomic E-state index is 12.5. The van der Waals surface area contributed by atoms with Gasteiger partial charge in [-0.2, -0.15) is 0 Å². The lowest BCUT2D eigenvalue weighted by atomic mass is 9.85. The summed E-state index contributed by atoms with van der Waals surface area (Å²) in [7, 11) is 1.67. The Morgan fingerprint density at radius 3 is 2.08 bits per heavy atom. The SMILES string of the molecule is CNC(=O)C1CCC(NC(=O)N2CCC[C@@H](C(=O)NC3CC3)C2)CC1. The molecule has 1 saturated heterocycles. The van der Waals surface area contributed by atoms with E-state index in [0.29, 0.717) is 19.1 Å². The summed E-state index contributed by atoms with van der Waals surface area (Å²) >= 11 is 0. The Labute approximate surface area is 149 Å². The van der Waals surface area contributed by atoms with Gasteiger partial charge in [-0.3, -0.25) is 9.59 Å². The fraction of sp³-hybridized carbons (Fsp3) is 0.833. The Kier molecular flexibility index (Phi) is 5.81. The van der Waals surface area contributed by atoms with Crippen LogP contribution < -0.4 is 16.0 Å². The van der Waals surface area contributed by atoms with E-state index >= 15 is 0 Å². The molecule has 0 aromatic carbocycles. The van der Waals surface area contributed by atoms with Crippen molar-refractivity contribution in [1.82, 2.24) is 20.9 Å². The number of rotatable bonds is 4. The van der Waals surface area contributed by atoms with Crippen molar-refractivity contribution in [2.75, 3.05) is 20.1 Å². The van der Waals surface area contributed by atoms with Crippen LogP contribution in [0.5, 0.6) is 0 Å². The van der Waals surface area contributed by atoms with Crippen LogP contribution >= 0.6 is 0 Å². The van der Waals surface area contributed by atoms with Crippen molar-refractivity contribution >= 4 is 17.8 Å². The van der Waals surface area contributed by atoms with Crippen LogP contribution in [0.25, 0.3) is 0 Å². The first-order valence-corrected chi connectivity index (χ1v) is 9.64. The molecule has 3 rings (SSSR count). The van der Waals surface area contributed by atoms with Gasteiger partial charge in [-0.1, -0.05) is 0 Å². The molecule has 1 aliphatic heterocycles. The molecule has 2 aliphatic carbocycles. The first-order chi connectivity index (χ1) is 12.1. The zero-order chi connectivity index (χ0) is 17.8. The summed E-state index contributed by atoms with van der Waals surface area (Å²) in [5.41, 5.74) is 0. The van der Waals surface area contributed by atoms with Gasteiger partial charge < -0.3 is 20.9 Å². The first-order valence-electron chi connectivity index (χ1n) is 9.64. The highest BCUT2D eigenvalue weighted by Crippen LogP contribution is 2.25. The number of carbonyl (C=O) groups is 3. The number of hydrogen-bond donors (Lipinski definition) is 3. The second kappa shape index (κ2) is 8.06. The second-order valence-electron chi connectivity index (χ2n) is 7.68. The maximum absolute atomic E-state index is 12.5. The summed E-state index contributed by atoms with van der Waals surface area (Å²) in [5, 5.41) is 8.86. The Hall–Kier alpha value is -1.79. The minimum Gasteiger partial charge on any atom is -0.359 e. The molecular weight excluding hydrogens is 320 g/mol. The van der Waals surface area contributed by atoms with Crippen LogP contribution in [0.2, 0.25) is 0 Å². The molecule has 1 heterocycles. The molecule has 2 saturated carbocycles. The Bertz CT molecular complexity index is 512. The minimum absolute atomic E-state index is 0.0627. The molecule has 140 valence electrons. The lowest BCUT2D eigenvalue weighted by molar-refractivity contribution is -0.126. The number of amides is 4. The van der Waals surface area contributed by atoms with Crippen molar-refractivity contribution in [3.8, 4) is 0 Å². The molecule has 1 atom stereocenters. The van der Waals surface area contributed by atoms with Crippen LogP contribution in [-0.4, -0.2) is 55.0 Å². The number of hydrogen-bond acceptors (Lipinski definition) is 3. The smallest absolute Gasteiger partial charge is 0.317 e. The summed E-state index contributed by atoms with van der Waals surface area (Å²) in [6.07, 6.45) is 7.21. The molecule has 0 aromatic rings. The quantitative estimate of drug-likeness (QED) is 0.706. The highest BCUT2D eigenvalue weighted by molar-refractivity contribution is 5.81. The zero-order valence-corrected chi connectivity index (χ0v) is 15.1. The van der Waals surface area contributed by atoms with Crippen molar-refractivity contribution in [2.45, 2.75) is 63.5 Å². The molecule has 4 amide bonds. The summed E-state index contributed by atoms with van der Waals surface area (Å²) in [5.74, 6) is 0.198. The highest BCUT2D eigenvalue weighted by atomic mass is 16.2. The number of urea groups is 1. The molecule has 0 unspecified atom stereocenters. The van der Waals surface area contributed by atoms with Crippen molar-refractivity contribution in [3.05, 3.63) is 0 Å². The third-order valence-corrected chi connectivity index (χ3v) is 5.68. The van der Waals surface area contributed by atoms with Crippen LogP contribution in [0.4, 0.5) is 4.79 Å². The van der Waals surface area contributed by atoms with Gasteiger partial charge >= 0.3 is 6.03 Å². The monoisotopic (exact) mass is 350 g/mol. The second-order valence-corrected chi connectivity index (χ2v) is 7.68. The minimum atomic E-state index is -0.0795. The number of nitrogens with one attached hydrogen (secondary N) is 3. The van der Waals surface area contributed by atoms with Crippen molar-refractivity contribution in [3.63, 3.8) is 0 Å². The van der Waals surface area contributed by atoms with E-state index < -0.39 is 0 Å². The fourth-order valence-electron chi connectivity index (χ4n) is 3.89. The standard InChI is InChI=1S/C18H30N4O3/c1-19-16(23)12-4-6-15(7-5-12)21-18(25)22-10-2-3-13(11-22)17(24)20-14-8-9-14/h12-15H,2-11H2,1H3,(H,19,23)(H,20,24)(H,21,25)/t12?,13-,15?/m1/s1. The van der Waals surface area contributed by atoms with Crippen molar-refractivity contribution in [2.24, 2.45) is 11.8 Å². The molecule has 3 fully saturated rings. The number of nitrogens with zero attached hydrogens (tertiary/aromatic N) is 1. The number of carbonyl (C=O) groups excluding carboxylic acids is 3. The normalized spacial score (nSPS) is 29.6. The number of piperidine rings is 1. The fourth-order valence-corrected chi connectivity index (χ4v) is 3.89. The predicted molar refractivity (Wildman–Crippen MR) is 93.8 cm³/mol. The summed E-state index contributed by atoms with van der Waals surface area (Å²) < 4.78 is 0. The average molecular weight is 350 g/mol. The summed E-state index contributed by atoms with van der Waals surface area (Å²) in [4.78, 5) is 38.2. The first kappa shape index (κ1) is 18.0. The van der Waals surface area contributed by atoms with Crippen LogP contribution in [0.15, 0.2) is 0 Å². The molecule has 7 nitrogen and oxygen atoms in total. The van der Waals surface area contributed by atoms with Crippen LogP contribution in [-0.2, 0) is 9.59 Å². The van der Waals surface area contributed by atoms with E-state index in [4.69, 9.17) is 0 Å². The van der Waals surface area contributed by atoms with Gasteiger partial charge in [0.15, 0.2) is 0 Å². The molecule has 0 spiro atoms. The molecule has 0 radical (unpaired) electrons. The molecule has 25 heavy (non-hydrogen) atoms. The molecule has 7 heteroatoms. The van der Waals surface area contributed by atoms with E-state index in [-0.39, 0.29) is 35.7 Å². The van der Waals surface area contributed by atoms with E-state index in [1.54, 1.807) is 11.9 Å². The van der Waals surface area contributed by atoms with E-state index in [9.17, 15) is 14.4 Å². The van der Waals surface area contributed by atoms with Gasteiger partial charge in [0.1, 0.15) is 0 Å². The van der Waals surface area contributed by atoms with Crippen LogP contribution in [0.1, 0.15) is 51.4 Å². The molecule has 3 N–H and O–H groups in total. The van der Waals surface area contributed by atoms with Crippen molar-refractivity contribution in [1.29, 1.82) is 0 Å². The van der Waals surface area contributed by atoms with Gasteiger partial charge in [-0.05, 0) is 51.4 Å². The van der Waals surface area contributed by atoms with E-state index in [1.165, 1.54) is 0 Å². The predicted octanol–water partition coefficient (Wildman–Crippen LogP) is 0.991. The van der Waals surface area contributed by atoms with E-state index in [1.807, 2.05) is 0 Å². The summed E-state index contributed by atoms with van der Waals surface area (Å²) in [6, 6.07) is 0.439. The van der Waals surface area contributed by atoms with Gasteiger partial charge in [0, 0.05) is 38.1 Å². The highest BCUT2D eigenvalue weighted by Gasteiger charge is 2.33. The van der Waals surface area contributed by atoms with Gasteiger partial charge in [0.2, 0.25) is 11.8 Å². The van der Waals surface area contributed by atoms with Crippen LogP contribution in [0.3, 0.4) is 0 Å². The van der Waals surface area contributed by atoms with Gasteiger partial charge in [-0.25, -0.2) is 4.79 Å². The zero-order valence-electron chi connectivity index (χ0n) is 15.1. The lowest BCUT2D eigenvalue weighted by Crippen LogP contribution is -2.51. The number of likely N-dealkylation sites (tertiary alicyclic amines) is 1. The Morgan fingerprint density at radius 2 is 1.44 bits per heavy atom. The van der Waals surface area contributed by atoms with Crippen molar-refractivity contribution < 1.29 is 14.4 Å². The molecule has 3 aliphatic rings. The van der Waals surface area contributed by atoms with Gasteiger partial charge in [0.05, 0.1) is 5.92 Å². The molecular formula is C18H30N4O3. The average Bonchev–Trinajstić information content (AvgIpc) is 3.45. The largest absolute Gasteiger partial charge is 0.359 e. The van der Waals surface area contributed by atoms with Gasteiger partial charge in [0.25, 0.3) is 0 Å². The lowest BCUT2D eigenvalue weighted by Gasteiger charge is -2.34. The topological polar surface area (TPSA) is 90.5 Å². The van der Waals surface area contributed by atoms with Gasteiger partial charge in [-0.15, -0.1) is 0 Å². The third kappa shape index (κ3) is 4.86. The molecule has 0 aromatic heterocycles.